The lowest BCUT2D eigenvalue weighted by atomic mass is 10.1. The fourth-order valence-electron chi connectivity index (χ4n) is 1.20. The van der Waals surface area contributed by atoms with E-state index in [4.69, 9.17) is 40.7 Å². The number of rotatable bonds is 3. The van der Waals surface area contributed by atoms with Gasteiger partial charge >= 0.3 is 0 Å². The summed E-state index contributed by atoms with van der Waals surface area (Å²) in [5, 5.41) is 22.4. The molecule has 0 atom stereocenters. The number of aliphatic hydroxyl groups is 1. The maximum atomic E-state index is 9.72. The van der Waals surface area contributed by atoms with E-state index < -0.39 is 0 Å². The zero-order valence-electron chi connectivity index (χ0n) is 10.00. The van der Waals surface area contributed by atoms with Crippen LogP contribution in [0.3, 0.4) is 0 Å². The molecule has 0 fully saturated rings. The van der Waals surface area contributed by atoms with E-state index in [0.717, 1.165) is 0 Å². The molecule has 0 amide bonds. The Morgan fingerprint density at radius 2 is 2.11 bits per heavy atom. The number of hydrogen-bond acceptors (Lipinski definition) is 3. The molecule has 0 saturated heterocycles. The van der Waals surface area contributed by atoms with Crippen molar-refractivity contribution < 1.29 is 5.11 Å². The third-order valence-electron chi connectivity index (χ3n) is 2.16. The monoisotopic (exact) mass is 312 g/mol. The van der Waals surface area contributed by atoms with Crippen molar-refractivity contribution in [1.29, 1.82) is 5.26 Å². The van der Waals surface area contributed by atoms with Crippen molar-refractivity contribution in [1.82, 2.24) is 0 Å². The number of allylic oxidation sites excluding steroid dienone is 1. The standard InChI is InChI=1S/C13H10Cl2N2OS/c1-7(2)12(18)9(6-16)13(19)17-11-4-3-8(14)5-10(11)15/h3-5,18H,1H2,2H3,(H,17,19)/b12-9-. The van der Waals surface area contributed by atoms with Crippen molar-refractivity contribution >= 4 is 46.1 Å². The van der Waals surface area contributed by atoms with Gasteiger partial charge in [0, 0.05) is 5.02 Å². The van der Waals surface area contributed by atoms with Gasteiger partial charge in [-0.3, -0.25) is 0 Å². The van der Waals surface area contributed by atoms with E-state index in [0.29, 0.717) is 21.3 Å². The highest BCUT2D eigenvalue weighted by Gasteiger charge is 2.13. The van der Waals surface area contributed by atoms with Crippen LogP contribution in [0.1, 0.15) is 6.92 Å². The molecule has 3 nitrogen and oxygen atoms in total. The zero-order valence-corrected chi connectivity index (χ0v) is 12.3. The Balaban J connectivity index is 3.06. The maximum Gasteiger partial charge on any atom is 0.138 e. The van der Waals surface area contributed by atoms with Crippen LogP contribution in [0.25, 0.3) is 0 Å². The number of hydrogen-bond donors (Lipinski definition) is 2. The molecule has 1 rings (SSSR count). The average Bonchev–Trinajstić information content (AvgIpc) is 2.33. The zero-order chi connectivity index (χ0) is 14.6. The molecule has 0 heterocycles. The summed E-state index contributed by atoms with van der Waals surface area (Å²) in [5.74, 6) is -0.245. The predicted molar refractivity (Wildman–Crippen MR) is 82.8 cm³/mol. The Labute approximate surface area is 126 Å². The number of aliphatic hydroxyl groups excluding tert-OH is 1. The molecule has 0 aliphatic heterocycles. The lowest BCUT2D eigenvalue weighted by Crippen LogP contribution is -2.13. The average molecular weight is 313 g/mol. The number of nitriles is 1. The molecule has 19 heavy (non-hydrogen) atoms. The van der Waals surface area contributed by atoms with Gasteiger partial charge in [-0.25, -0.2) is 0 Å². The fourth-order valence-corrected chi connectivity index (χ4v) is 1.91. The lowest BCUT2D eigenvalue weighted by molar-refractivity contribution is 0.422. The van der Waals surface area contributed by atoms with E-state index in [9.17, 15) is 5.11 Å². The van der Waals surface area contributed by atoms with Gasteiger partial charge in [0.2, 0.25) is 0 Å². The number of halogens is 2. The second-order valence-corrected chi connectivity index (χ2v) is 4.95. The largest absolute Gasteiger partial charge is 0.506 e. The highest BCUT2D eigenvalue weighted by atomic mass is 35.5. The first-order chi connectivity index (χ1) is 8.86. The Hall–Kier alpha value is -1.54. The molecule has 98 valence electrons. The van der Waals surface area contributed by atoms with Crippen molar-refractivity contribution in [2.75, 3.05) is 5.32 Å². The van der Waals surface area contributed by atoms with Gasteiger partial charge in [-0.1, -0.05) is 42.0 Å². The molecule has 0 saturated carbocycles. The smallest absolute Gasteiger partial charge is 0.138 e. The Morgan fingerprint density at radius 1 is 1.47 bits per heavy atom. The minimum Gasteiger partial charge on any atom is -0.506 e. The predicted octanol–water partition coefficient (Wildman–Crippen LogP) is 4.64. The summed E-state index contributed by atoms with van der Waals surface area (Å²) < 4.78 is 0. The van der Waals surface area contributed by atoms with Gasteiger partial charge < -0.3 is 10.4 Å². The molecule has 1 aromatic rings. The molecule has 6 heteroatoms. The lowest BCUT2D eigenvalue weighted by Gasteiger charge is -2.10. The van der Waals surface area contributed by atoms with Crippen LogP contribution in [0.4, 0.5) is 5.69 Å². The first-order valence-electron chi connectivity index (χ1n) is 5.12. The highest BCUT2D eigenvalue weighted by molar-refractivity contribution is 7.81. The molecule has 2 N–H and O–H groups in total. The topological polar surface area (TPSA) is 56.0 Å². The van der Waals surface area contributed by atoms with Gasteiger partial charge in [-0.2, -0.15) is 5.26 Å². The molecule has 0 radical (unpaired) electrons. The number of nitrogens with zero attached hydrogens (tertiary/aromatic N) is 1. The molecular formula is C13H10Cl2N2OS. The van der Waals surface area contributed by atoms with Gasteiger partial charge in [0.15, 0.2) is 0 Å². The maximum absolute atomic E-state index is 9.72. The first kappa shape index (κ1) is 15.5. The van der Waals surface area contributed by atoms with E-state index in [-0.39, 0.29) is 16.3 Å². The van der Waals surface area contributed by atoms with Crippen LogP contribution in [0.15, 0.2) is 41.7 Å². The van der Waals surface area contributed by atoms with Gasteiger partial charge in [0.1, 0.15) is 22.4 Å². The summed E-state index contributed by atoms with van der Waals surface area (Å²) in [6, 6.07) is 6.63. The summed E-state index contributed by atoms with van der Waals surface area (Å²) in [5.41, 5.74) is 0.787. The van der Waals surface area contributed by atoms with Crippen LogP contribution in [0.2, 0.25) is 10.0 Å². The fraction of sp³-hybridized carbons (Fsp3) is 0.0769. The van der Waals surface area contributed by atoms with Gasteiger partial charge in [-0.05, 0) is 30.7 Å². The van der Waals surface area contributed by atoms with Crippen molar-refractivity contribution in [3.05, 3.63) is 51.7 Å². The Bertz CT molecular complexity index is 618. The summed E-state index contributed by atoms with van der Waals surface area (Å²) in [6.07, 6.45) is 0. The summed E-state index contributed by atoms with van der Waals surface area (Å²) in [4.78, 5) is 0.0622. The Morgan fingerprint density at radius 3 is 2.58 bits per heavy atom. The molecule has 0 unspecified atom stereocenters. The second kappa shape index (κ2) is 6.58. The minimum absolute atomic E-state index is 0.0616. The molecule has 0 aromatic heterocycles. The second-order valence-electron chi connectivity index (χ2n) is 3.69. The quantitative estimate of drug-likeness (QED) is 0.280. The van der Waals surface area contributed by atoms with E-state index in [2.05, 4.69) is 11.9 Å². The molecule has 0 aliphatic rings. The van der Waals surface area contributed by atoms with Crippen LogP contribution in [0.5, 0.6) is 0 Å². The minimum atomic E-state index is -0.245. The van der Waals surface area contributed by atoms with Crippen molar-refractivity contribution in [3.63, 3.8) is 0 Å². The van der Waals surface area contributed by atoms with Crippen LogP contribution >= 0.6 is 35.4 Å². The molecule has 0 aliphatic carbocycles. The summed E-state index contributed by atoms with van der Waals surface area (Å²) in [6.45, 7) is 5.13. The molecule has 0 bridgehead atoms. The number of benzene rings is 1. The van der Waals surface area contributed by atoms with E-state index in [1.807, 2.05) is 6.07 Å². The third-order valence-corrected chi connectivity index (χ3v) is 3.01. The highest BCUT2D eigenvalue weighted by Crippen LogP contribution is 2.26. The number of nitrogens with one attached hydrogen (secondary N) is 1. The van der Waals surface area contributed by atoms with Crippen LogP contribution in [-0.4, -0.2) is 10.1 Å². The number of anilines is 1. The normalized spacial score (nSPS) is 11.3. The van der Waals surface area contributed by atoms with Crippen molar-refractivity contribution in [3.8, 4) is 6.07 Å². The Kier molecular flexibility index (Phi) is 5.37. The van der Waals surface area contributed by atoms with E-state index in [1.165, 1.54) is 0 Å². The van der Waals surface area contributed by atoms with Gasteiger partial charge in [0.05, 0.1) is 10.7 Å². The molecule has 0 spiro atoms. The first-order valence-corrected chi connectivity index (χ1v) is 6.29. The van der Waals surface area contributed by atoms with E-state index >= 15 is 0 Å². The van der Waals surface area contributed by atoms with Gasteiger partial charge in [-0.15, -0.1) is 0 Å². The van der Waals surface area contributed by atoms with Crippen LogP contribution < -0.4 is 5.32 Å². The van der Waals surface area contributed by atoms with Crippen molar-refractivity contribution in [2.24, 2.45) is 0 Å². The van der Waals surface area contributed by atoms with Crippen molar-refractivity contribution in [2.45, 2.75) is 6.92 Å². The van der Waals surface area contributed by atoms with Crippen LogP contribution in [-0.2, 0) is 0 Å². The summed E-state index contributed by atoms with van der Waals surface area (Å²) in [7, 11) is 0. The third kappa shape index (κ3) is 3.97. The molecule has 1 aromatic carbocycles. The van der Waals surface area contributed by atoms with Crippen LogP contribution in [0, 0.1) is 11.3 Å². The number of thiocarbonyl (C=S) groups is 1. The SMILES string of the molecule is C=C(C)/C(O)=C(\C#N)C(=S)Nc1ccc(Cl)cc1Cl. The molecular weight excluding hydrogens is 303 g/mol. The van der Waals surface area contributed by atoms with Gasteiger partial charge in [0.25, 0.3) is 0 Å². The van der Waals surface area contributed by atoms with E-state index in [1.54, 1.807) is 25.1 Å². The summed E-state index contributed by atoms with van der Waals surface area (Å²) >= 11 is 16.8.